The van der Waals surface area contributed by atoms with E-state index in [1.165, 1.54) is 17.1 Å². The van der Waals surface area contributed by atoms with Crippen LogP contribution in [0.1, 0.15) is 23.7 Å². The second-order valence-corrected chi connectivity index (χ2v) is 7.73. The number of aryl methyl sites for hydroxylation is 1. The smallest absolute Gasteiger partial charge is 0.368 e. The Hall–Kier alpha value is -3.63. The molecule has 0 spiro atoms. The largest absolute Gasteiger partial charge is 0.435 e. The summed E-state index contributed by atoms with van der Waals surface area (Å²) in [4.78, 5) is 8.42. The van der Waals surface area contributed by atoms with Gasteiger partial charge in [0, 0.05) is 34.3 Å². The maximum Gasteiger partial charge on any atom is 0.435 e. The molecule has 3 N–H and O–H groups in total. The standard InChI is InChI=1S/C20H21F3N8/c1-19(2,11-31-7-6-16(29-31)20(21,22)23)28-17-9-14(26-18(24)27-17)12-4-5-13-10-25-30(3)15(13)8-12/h4-10H,11H2,1-3H3,(H3,24,26,27,28)/i3D3. The fourth-order valence-electron chi connectivity index (χ4n) is 3.25. The lowest BCUT2D eigenvalue weighted by Crippen LogP contribution is -2.36. The van der Waals surface area contributed by atoms with Crippen LogP contribution in [-0.2, 0) is 19.7 Å². The van der Waals surface area contributed by atoms with Gasteiger partial charge in [-0.3, -0.25) is 9.36 Å². The third-order valence-electron chi connectivity index (χ3n) is 4.56. The zero-order valence-electron chi connectivity index (χ0n) is 19.6. The van der Waals surface area contributed by atoms with Crippen LogP contribution < -0.4 is 11.1 Å². The van der Waals surface area contributed by atoms with Crippen LogP contribution in [-0.4, -0.2) is 35.1 Å². The summed E-state index contributed by atoms with van der Waals surface area (Å²) in [6.07, 6.45) is -1.79. The first-order chi connectivity index (χ1) is 15.7. The number of nitrogen functional groups attached to an aromatic ring is 1. The van der Waals surface area contributed by atoms with Gasteiger partial charge < -0.3 is 11.1 Å². The van der Waals surface area contributed by atoms with Crippen LogP contribution in [0.25, 0.3) is 22.2 Å². The Labute approximate surface area is 180 Å². The Morgan fingerprint density at radius 3 is 2.68 bits per heavy atom. The minimum atomic E-state index is -4.52. The van der Waals surface area contributed by atoms with Crippen molar-refractivity contribution in [3.8, 4) is 11.3 Å². The minimum absolute atomic E-state index is 0.0290. The highest BCUT2D eigenvalue weighted by Crippen LogP contribution is 2.28. The molecule has 0 saturated heterocycles. The van der Waals surface area contributed by atoms with E-state index in [0.29, 0.717) is 28.0 Å². The molecule has 0 saturated carbocycles. The van der Waals surface area contributed by atoms with Crippen LogP contribution in [0.3, 0.4) is 0 Å². The summed E-state index contributed by atoms with van der Waals surface area (Å²) >= 11 is 0. The molecule has 0 amide bonds. The normalized spacial score (nSPS) is 14.3. The molecule has 8 nitrogen and oxygen atoms in total. The van der Waals surface area contributed by atoms with E-state index in [9.17, 15) is 13.2 Å². The van der Waals surface area contributed by atoms with Gasteiger partial charge >= 0.3 is 6.18 Å². The van der Waals surface area contributed by atoms with E-state index >= 15 is 0 Å². The van der Waals surface area contributed by atoms with Crippen molar-refractivity contribution in [2.24, 2.45) is 6.98 Å². The van der Waals surface area contributed by atoms with Gasteiger partial charge in [0.05, 0.1) is 29.5 Å². The van der Waals surface area contributed by atoms with Crippen molar-refractivity contribution in [2.45, 2.75) is 32.1 Å². The van der Waals surface area contributed by atoms with Gasteiger partial charge in [-0.2, -0.15) is 28.4 Å². The van der Waals surface area contributed by atoms with Crippen LogP contribution in [0.2, 0.25) is 0 Å². The molecule has 0 fully saturated rings. The van der Waals surface area contributed by atoms with Crippen LogP contribution >= 0.6 is 0 Å². The number of hydrogen-bond donors (Lipinski definition) is 2. The first kappa shape index (κ1) is 17.1. The van der Waals surface area contributed by atoms with E-state index in [0.717, 1.165) is 10.7 Å². The van der Waals surface area contributed by atoms with E-state index in [1.807, 2.05) is 0 Å². The maximum atomic E-state index is 12.8. The molecule has 4 aromatic rings. The van der Waals surface area contributed by atoms with Crippen molar-refractivity contribution in [3.05, 3.63) is 48.4 Å². The Balaban J connectivity index is 1.61. The molecule has 3 heterocycles. The summed E-state index contributed by atoms with van der Waals surface area (Å²) < 4.78 is 63.6. The third-order valence-corrected chi connectivity index (χ3v) is 4.56. The monoisotopic (exact) mass is 433 g/mol. The second-order valence-electron chi connectivity index (χ2n) is 7.73. The van der Waals surface area contributed by atoms with Crippen LogP contribution in [0.5, 0.6) is 0 Å². The first-order valence-electron chi connectivity index (χ1n) is 10.7. The quantitative estimate of drug-likeness (QED) is 0.498. The molecule has 0 aliphatic rings. The van der Waals surface area contributed by atoms with Crippen molar-refractivity contribution in [3.63, 3.8) is 0 Å². The number of fused-ring (bicyclic) bond motifs is 1. The van der Waals surface area contributed by atoms with Gasteiger partial charge in [-0.25, -0.2) is 4.98 Å². The van der Waals surface area contributed by atoms with Crippen molar-refractivity contribution in [1.82, 2.24) is 29.5 Å². The van der Waals surface area contributed by atoms with Gasteiger partial charge in [-0.05, 0) is 26.0 Å². The van der Waals surface area contributed by atoms with Crippen LogP contribution in [0, 0.1) is 0 Å². The van der Waals surface area contributed by atoms with Gasteiger partial charge in [-0.1, -0.05) is 12.1 Å². The third kappa shape index (κ3) is 4.44. The summed E-state index contributed by atoms with van der Waals surface area (Å²) in [5.74, 6) is 0.318. The topological polar surface area (TPSA) is 99.5 Å². The SMILES string of the molecule is [2H]C([2H])([2H])n1ncc2ccc(-c3cc(NC(C)(C)Cn4ccc(C(F)(F)F)n4)nc(N)n3)cc21. The average Bonchev–Trinajstić information content (AvgIpc) is 3.32. The Morgan fingerprint density at radius 1 is 1.16 bits per heavy atom. The van der Waals surface area contributed by atoms with E-state index in [-0.39, 0.29) is 12.5 Å². The van der Waals surface area contributed by atoms with Crippen LogP contribution in [0.15, 0.2) is 42.7 Å². The molecule has 1 aromatic carbocycles. The molecule has 31 heavy (non-hydrogen) atoms. The van der Waals surface area contributed by atoms with Gasteiger partial charge in [0.2, 0.25) is 5.95 Å². The Bertz CT molecular complexity index is 1340. The molecule has 0 aliphatic carbocycles. The number of rotatable bonds is 5. The van der Waals surface area contributed by atoms with Crippen molar-refractivity contribution < 1.29 is 17.3 Å². The highest BCUT2D eigenvalue weighted by atomic mass is 19.4. The zero-order chi connectivity index (χ0) is 24.9. The van der Waals surface area contributed by atoms with Crippen molar-refractivity contribution in [2.75, 3.05) is 11.1 Å². The number of nitrogens with two attached hydrogens (primary N) is 1. The fraction of sp³-hybridized carbons (Fsp3) is 0.300. The maximum absolute atomic E-state index is 12.8. The number of anilines is 2. The molecular formula is C20H21F3N8. The number of halogens is 3. The number of alkyl halides is 3. The van der Waals surface area contributed by atoms with Gasteiger partial charge in [0.25, 0.3) is 0 Å². The van der Waals surface area contributed by atoms with E-state index in [4.69, 9.17) is 9.85 Å². The van der Waals surface area contributed by atoms with Crippen LogP contribution in [0.4, 0.5) is 24.9 Å². The fourth-order valence-corrected chi connectivity index (χ4v) is 3.25. The lowest BCUT2D eigenvalue weighted by atomic mass is 10.1. The van der Waals surface area contributed by atoms with Gasteiger partial charge in [0.15, 0.2) is 5.69 Å². The summed E-state index contributed by atoms with van der Waals surface area (Å²) in [5.41, 5.74) is 5.61. The average molecular weight is 433 g/mol. The van der Waals surface area contributed by atoms with E-state index in [1.54, 1.807) is 38.1 Å². The molecule has 162 valence electrons. The number of nitrogens with zero attached hydrogens (tertiary/aromatic N) is 6. The van der Waals surface area contributed by atoms with E-state index < -0.39 is 24.4 Å². The molecule has 0 bridgehead atoms. The Kier molecular flexibility index (Phi) is 4.00. The summed E-state index contributed by atoms with van der Waals surface area (Å²) in [5, 5.41) is 11.3. The molecule has 11 heteroatoms. The number of hydrogen-bond acceptors (Lipinski definition) is 6. The lowest BCUT2D eigenvalue weighted by molar-refractivity contribution is -0.141. The molecule has 0 radical (unpaired) electrons. The first-order valence-corrected chi connectivity index (χ1v) is 9.23. The summed E-state index contributed by atoms with van der Waals surface area (Å²) in [6.45, 7) is 1.23. The van der Waals surface area contributed by atoms with Gasteiger partial charge in [0.1, 0.15) is 5.82 Å². The Morgan fingerprint density at radius 2 is 1.97 bits per heavy atom. The number of nitrogens with one attached hydrogen (secondary N) is 1. The lowest BCUT2D eigenvalue weighted by Gasteiger charge is -2.27. The van der Waals surface area contributed by atoms with Crippen molar-refractivity contribution >= 4 is 22.7 Å². The predicted octanol–water partition coefficient (Wildman–Crippen LogP) is 3.72. The molecule has 0 atom stereocenters. The molecule has 3 aromatic heterocycles. The highest BCUT2D eigenvalue weighted by molar-refractivity contribution is 5.84. The second kappa shape index (κ2) is 7.25. The summed E-state index contributed by atoms with van der Waals surface area (Å²) in [6, 6.07) is 7.67. The molecule has 0 unspecified atom stereocenters. The predicted molar refractivity (Wildman–Crippen MR) is 111 cm³/mol. The van der Waals surface area contributed by atoms with E-state index in [2.05, 4.69) is 25.5 Å². The molecule has 4 rings (SSSR count). The molecular weight excluding hydrogens is 409 g/mol. The van der Waals surface area contributed by atoms with Crippen molar-refractivity contribution in [1.29, 1.82) is 0 Å². The highest BCUT2D eigenvalue weighted by Gasteiger charge is 2.34. The zero-order valence-corrected chi connectivity index (χ0v) is 16.6. The number of benzene rings is 1. The van der Waals surface area contributed by atoms with Gasteiger partial charge in [-0.15, -0.1) is 0 Å². The summed E-state index contributed by atoms with van der Waals surface area (Å²) in [7, 11) is 0. The number of aromatic nitrogens is 6. The minimum Gasteiger partial charge on any atom is -0.368 e. The molecule has 0 aliphatic heterocycles.